The second-order valence-corrected chi connectivity index (χ2v) is 10.3. The van der Waals surface area contributed by atoms with Crippen molar-refractivity contribution in [1.29, 1.82) is 0 Å². The Labute approximate surface area is 168 Å². The van der Waals surface area contributed by atoms with E-state index in [1.165, 1.54) is 4.90 Å². The van der Waals surface area contributed by atoms with Gasteiger partial charge in [0.15, 0.2) is 0 Å². The van der Waals surface area contributed by atoms with E-state index in [1.54, 1.807) is 0 Å². The number of carbonyl (C=O) groups excluding carboxylic acids is 1. The monoisotopic (exact) mass is 422 g/mol. The first-order valence-corrected chi connectivity index (χ1v) is 12.1. The number of hydrogen-bond donors (Lipinski definition) is 1. The first kappa shape index (κ1) is 23.3. The van der Waals surface area contributed by atoms with Gasteiger partial charge in [-0.15, -0.1) is 0 Å². The summed E-state index contributed by atoms with van der Waals surface area (Å²) >= 11 is 0. The molecule has 1 amide bonds. The SMILES string of the molecule is CC(C)C1CCC(OC[C@H]2[C@@H](NS(C)(=O)=O)C[C@@H](C)N2C(=O)OCCF)CC1. The van der Waals surface area contributed by atoms with Crippen LogP contribution in [0.5, 0.6) is 0 Å². The maximum Gasteiger partial charge on any atom is 0.410 e. The summed E-state index contributed by atoms with van der Waals surface area (Å²) in [7, 11) is -3.43. The van der Waals surface area contributed by atoms with Crippen molar-refractivity contribution in [2.24, 2.45) is 11.8 Å². The van der Waals surface area contributed by atoms with Crippen molar-refractivity contribution in [2.45, 2.75) is 77.1 Å². The zero-order valence-electron chi connectivity index (χ0n) is 17.4. The Bertz CT molecular complexity index is 607. The fourth-order valence-corrected chi connectivity index (χ4v) is 5.23. The summed E-state index contributed by atoms with van der Waals surface area (Å²) < 4.78 is 49.6. The van der Waals surface area contributed by atoms with E-state index >= 15 is 0 Å². The predicted octanol–water partition coefficient (Wildman–Crippen LogP) is 2.70. The van der Waals surface area contributed by atoms with Crippen LogP contribution in [0.4, 0.5) is 9.18 Å². The van der Waals surface area contributed by atoms with Crippen LogP contribution in [0, 0.1) is 11.8 Å². The second-order valence-electron chi connectivity index (χ2n) is 8.47. The zero-order chi connectivity index (χ0) is 20.9. The van der Waals surface area contributed by atoms with E-state index in [1.807, 2.05) is 6.92 Å². The van der Waals surface area contributed by atoms with Crippen LogP contribution in [0.15, 0.2) is 0 Å². The summed E-state index contributed by atoms with van der Waals surface area (Å²) in [5.74, 6) is 1.39. The quantitative estimate of drug-likeness (QED) is 0.650. The van der Waals surface area contributed by atoms with Crippen LogP contribution in [-0.2, 0) is 19.5 Å². The van der Waals surface area contributed by atoms with Crippen LogP contribution in [0.25, 0.3) is 0 Å². The summed E-state index contributed by atoms with van der Waals surface area (Å²) in [6.45, 7) is 5.50. The van der Waals surface area contributed by atoms with Gasteiger partial charge < -0.3 is 9.47 Å². The highest BCUT2D eigenvalue weighted by Crippen LogP contribution is 2.32. The highest BCUT2D eigenvalue weighted by molar-refractivity contribution is 7.88. The van der Waals surface area contributed by atoms with Gasteiger partial charge in [0.2, 0.25) is 10.0 Å². The van der Waals surface area contributed by atoms with Gasteiger partial charge in [-0.2, -0.15) is 0 Å². The Kier molecular flexibility index (Phi) is 8.51. The molecule has 28 heavy (non-hydrogen) atoms. The van der Waals surface area contributed by atoms with Crippen LogP contribution < -0.4 is 4.72 Å². The summed E-state index contributed by atoms with van der Waals surface area (Å²) in [5, 5.41) is 0. The molecule has 2 fully saturated rings. The Morgan fingerprint density at radius 1 is 1.25 bits per heavy atom. The molecular weight excluding hydrogens is 387 g/mol. The van der Waals surface area contributed by atoms with Crippen molar-refractivity contribution in [1.82, 2.24) is 9.62 Å². The normalized spacial score (nSPS) is 31.4. The molecule has 1 saturated carbocycles. The standard InChI is InChI=1S/C19H35FN2O5S/c1-13(2)15-5-7-16(8-6-15)27-12-18-17(21-28(4,24)25)11-14(3)22(18)19(23)26-10-9-20/h13-18,21H,5-12H2,1-4H3/t14-,15?,16?,17+,18+/m1/s1. The van der Waals surface area contributed by atoms with Gasteiger partial charge in [0.25, 0.3) is 0 Å². The average Bonchev–Trinajstić information content (AvgIpc) is 2.91. The molecule has 2 rings (SSSR count). The van der Waals surface area contributed by atoms with Crippen LogP contribution in [0.2, 0.25) is 0 Å². The number of ether oxygens (including phenoxy) is 2. The van der Waals surface area contributed by atoms with Crippen molar-refractivity contribution in [3.05, 3.63) is 0 Å². The van der Waals surface area contributed by atoms with Gasteiger partial charge in [0, 0.05) is 12.1 Å². The molecule has 0 bridgehead atoms. The number of nitrogens with zero attached hydrogens (tertiary/aromatic N) is 1. The molecule has 1 aliphatic carbocycles. The third-order valence-electron chi connectivity index (χ3n) is 5.93. The Hall–Kier alpha value is -0.930. The maximum absolute atomic E-state index is 12.4. The lowest BCUT2D eigenvalue weighted by Crippen LogP contribution is -2.50. The second kappa shape index (κ2) is 10.2. The van der Waals surface area contributed by atoms with Crippen molar-refractivity contribution in [2.75, 3.05) is 26.1 Å². The number of halogens is 1. The minimum atomic E-state index is -3.43. The molecule has 1 saturated heterocycles. The largest absolute Gasteiger partial charge is 0.447 e. The van der Waals surface area contributed by atoms with E-state index < -0.39 is 34.9 Å². The molecule has 0 aromatic rings. The van der Waals surface area contributed by atoms with Gasteiger partial charge in [0.1, 0.15) is 13.3 Å². The van der Waals surface area contributed by atoms with E-state index in [0.29, 0.717) is 12.3 Å². The van der Waals surface area contributed by atoms with Gasteiger partial charge in [-0.25, -0.2) is 22.3 Å². The predicted molar refractivity (Wildman–Crippen MR) is 105 cm³/mol. The van der Waals surface area contributed by atoms with Gasteiger partial charge in [-0.05, 0) is 50.9 Å². The number of hydrogen-bond acceptors (Lipinski definition) is 5. The zero-order valence-corrected chi connectivity index (χ0v) is 18.2. The number of alkyl halides is 1. The molecule has 0 aromatic heterocycles. The van der Waals surface area contributed by atoms with Crippen molar-refractivity contribution < 1.29 is 27.1 Å². The van der Waals surface area contributed by atoms with E-state index in [-0.39, 0.29) is 25.4 Å². The fourth-order valence-electron chi connectivity index (χ4n) is 4.43. The topological polar surface area (TPSA) is 84.9 Å². The van der Waals surface area contributed by atoms with Crippen LogP contribution in [-0.4, -0.2) is 69.8 Å². The number of nitrogens with one attached hydrogen (secondary N) is 1. The number of carbonyl (C=O) groups is 1. The van der Waals surface area contributed by atoms with Crippen molar-refractivity contribution in [3.8, 4) is 0 Å². The summed E-state index contributed by atoms with van der Waals surface area (Å²) in [4.78, 5) is 13.9. The molecular formula is C19H35FN2O5S. The lowest BCUT2D eigenvalue weighted by atomic mass is 9.80. The Morgan fingerprint density at radius 2 is 1.89 bits per heavy atom. The summed E-state index contributed by atoms with van der Waals surface area (Å²) in [6, 6.07) is -1.15. The average molecular weight is 423 g/mol. The lowest BCUT2D eigenvalue weighted by molar-refractivity contribution is -0.0177. The molecule has 164 valence electrons. The third-order valence-corrected chi connectivity index (χ3v) is 6.67. The van der Waals surface area contributed by atoms with Crippen molar-refractivity contribution in [3.63, 3.8) is 0 Å². The third kappa shape index (κ3) is 6.56. The number of rotatable bonds is 8. The van der Waals surface area contributed by atoms with E-state index in [9.17, 15) is 17.6 Å². The smallest absolute Gasteiger partial charge is 0.410 e. The molecule has 0 unspecified atom stereocenters. The molecule has 9 heteroatoms. The maximum atomic E-state index is 12.4. The fraction of sp³-hybridized carbons (Fsp3) is 0.947. The number of sulfonamides is 1. The minimum absolute atomic E-state index is 0.119. The Morgan fingerprint density at radius 3 is 2.43 bits per heavy atom. The van der Waals surface area contributed by atoms with Gasteiger partial charge in [-0.1, -0.05) is 13.8 Å². The molecule has 3 atom stereocenters. The first-order valence-electron chi connectivity index (χ1n) is 10.2. The number of amides is 1. The lowest BCUT2D eigenvalue weighted by Gasteiger charge is -2.34. The van der Waals surface area contributed by atoms with Gasteiger partial charge in [-0.3, -0.25) is 4.90 Å². The minimum Gasteiger partial charge on any atom is -0.447 e. The Balaban J connectivity index is 2.02. The molecule has 0 spiro atoms. The molecule has 2 aliphatic rings. The molecule has 7 nitrogen and oxygen atoms in total. The number of likely N-dealkylation sites (tertiary alicyclic amines) is 1. The van der Waals surface area contributed by atoms with Gasteiger partial charge in [0.05, 0.1) is 25.0 Å². The molecule has 0 aromatic carbocycles. The van der Waals surface area contributed by atoms with Gasteiger partial charge >= 0.3 is 6.09 Å². The molecule has 0 radical (unpaired) electrons. The van der Waals surface area contributed by atoms with Crippen LogP contribution >= 0.6 is 0 Å². The van der Waals surface area contributed by atoms with E-state index in [0.717, 1.165) is 37.9 Å². The molecule has 1 aliphatic heterocycles. The van der Waals surface area contributed by atoms with Crippen molar-refractivity contribution >= 4 is 16.1 Å². The van der Waals surface area contributed by atoms with Crippen LogP contribution in [0.1, 0.15) is 52.9 Å². The summed E-state index contributed by atoms with van der Waals surface area (Å²) in [6.07, 6.45) is 5.25. The molecule has 1 heterocycles. The highest BCUT2D eigenvalue weighted by atomic mass is 32.2. The summed E-state index contributed by atoms with van der Waals surface area (Å²) in [5.41, 5.74) is 0. The first-order chi connectivity index (χ1) is 13.1. The molecule has 1 N–H and O–H groups in total. The van der Waals surface area contributed by atoms with E-state index in [2.05, 4.69) is 18.6 Å². The van der Waals surface area contributed by atoms with Crippen LogP contribution in [0.3, 0.4) is 0 Å². The highest BCUT2D eigenvalue weighted by Gasteiger charge is 2.44. The van der Waals surface area contributed by atoms with E-state index in [4.69, 9.17) is 9.47 Å².